The minimum Gasteiger partial charge on any atom is -0.493 e. The molecule has 1 aliphatic heterocycles. The Balaban J connectivity index is 1.74. The Morgan fingerprint density at radius 3 is 2.29 bits per heavy atom. The third kappa shape index (κ3) is 4.63. The number of amides is 2. The van der Waals surface area contributed by atoms with Crippen molar-refractivity contribution in [2.24, 2.45) is 0 Å². The van der Waals surface area contributed by atoms with Crippen LogP contribution in [0.2, 0.25) is 0 Å². The van der Waals surface area contributed by atoms with Gasteiger partial charge in [-0.25, -0.2) is 0 Å². The van der Waals surface area contributed by atoms with Gasteiger partial charge in [0.05, 0.1) is 27.0 Å². The van der Waals surface area contributed by atoms with Gasteiger partial charge in [-0.05, 0) is 47.4 Å². The van der Waals surface area contributed by atoms with Crippen LogP contribution in [-0.2, 0) is 9.59 Å². The zero-order chi connectivity index (χ0) is 26.6. The van der Waals surface area contributed by atoms with Gasteiger partial charge in [0.25, 0.3) is 5.91 Å². The molecule has 7 nitrogen and oxygen atoms in total. The number of hydrogen-bond acceptors (Lipinski definition) is 5. The van der Waals surface area contributed by atoms with Crippen LogP contribution in [0.3, 0.4) is 0 Å². The minimum atomic E-state index is -0.415. The fraction of sp³-hybridized carbons (Fsp3) is 0.226. The first kappa shape index (κ1) is 25.1. The van der Waals surface area contributed by atoms with E-state index in [0.29, 0.717) is 30.2 Å². The predicted octanol–water partition coefficient (Wildman–Crippen LogP) is 5.70. The number of fused-ring (bicyclic) bond motifs is 1. The molecule has 2 amide bonds. The van der Waals surface area contributed by atoms with E-state index in [2.05, 4.69) is 11.1 Å². The highest BCUT2D eigenvalue weighted by Gasteiger charge is 2.31. The molecule has 3 aromatic carbocycles. The summed E-state index contributed by atoms with van der Waals surface area (Å²) in [5.74, 6) is 0.535. The van der Waals surface area contributed by atoms with Crippen LogP contribution in [0.4, 0.5) is 0 Å². The van der Waals surface area contributed by atoms with Crippen LogP contribution in [-0.4, -0.2) is 49.6 Å². The lowest BCUT2D eigenvalue weighted by Gasteiger charge is -2.26. The number of aromatic nitrogens is 1. The number of ether oxygens (including phenoxy) is 3. The summed E-state index contributed by atoms with van der Waals surface area (Å²) in [6.07, 6.45) is 4.00. The van der Waals surface area contributed by atoms with E-state index in [0.717, 1.165) is 33.3 Å². The number of methoxy groups -OCH3 is 3. The van der Waals surface area contributed by atoms with Crippen LogP contribution in [0, 0.1) is 0 Å². The third-order valence-corrected chi connectivity index (χ3v) is 6.97. The lowest BCUT2D eigenvalue weighted by molar-refractivity contribution is -0.142. The summed E-state index contributed by atoms with van der Waals surface area (Å²) in [4.78, 5) is 31.2. The maximum atomic E-state index is 13.7. The number of nitrogens with zero attached hydrogens (tertiary/aromatic N) is 1. The van der Waals surface area contributed by atoms with Gasteiger partial charge in [-0.1, -0.05) is 54.6 Å². The molecule has 7 heteroatoms. The summed E-state index contributed by atoms with van der Waals surface area (Å²) in [7, 11) is 4.70. The SMILES string of the molecule is COc1cc(C(CC(=O)N2CCC=CC2=O)c2c(-c3ccccc3)[nH]c3ccccc23)cc(OC)c1OC. The number of nitrogens with one attached hydrogen (secondary N) is 1. The van der Waals surface area contributed by atoms with Crippen molar-refractivity contribution in [3.63, 3.8) is 0 Å². The Morgan fingerprint density at radius 1 is 0.947 bits per heavy atom. The van der Waals surface area contributed by atoms with Crippen LogP contribution < -0.4 is 14.2 Å². The number of hydrogen-bond donors (Lipinski definition) is 1. The highest BCUT2D eigenvalue weighted by molar-refractivity contribution is 6.02. The van der Waals surface area contributed by atoms with Crippen molar-refractivity contribution >= 4 is 22.7 Å². The Bertz CT molecular complexity index is 1480. The van der Waals surface area contributed by atoms with Gasteiger partial charge in [0.1, 0.15) is 0 Å². The van der Waals surface area contributed by atoms with Gasteiger partial charge in [0.2, 0.25) is 11.7 Å². The van der Waals surface area contributed by atoms with Crippen LogP contribution in [0.15, 0.2) is 78.9 Å². The van der Waals surface area contributed by atoms with Crippen molar-refractivity contribution < 1.29 is 23.8 Å². The molecular formula is C31H30N2O5. The lowest BCUT2D eigenvalue weighted by atomic mass is 9.84. The number of aromatic amines is 1. The molecule has 0 radical (unpaired) electrons. The van der Waals surface area contributed by atoms with Gasteiger partial charge >= 0.3 is 0 Å². The molecule has 38 heavy (non-hydrogen) atoms. The van der Waals surface area contributed by atoms with Crippen molar-refractivity contribution in [1.82, 2.24) is 9.88 Å². The van der Waals surface area contributed by atoms with E-state index in [1.807, 2.05) is 60.7 Å². The molecule has 0 saturated heterocycles. The first-order chi connectivity index (χ1) is 18.5. The van der Waals surface area contributed by atoms with E-state index in [1.54, 1.807) is 27.4 Å². The van der Waals surface area contributed by atoms with Crippen molar-refractivity contribution in [3.05, 3.63) is 90.0 Å². The monoisotopic (exact) mass is 510 g/mol. The second-order valence-electron chi connectivity index (χ2n) is 9.12. The number of benzene rings is 3. The lowest BCUT2D eigenvalue weighted by Crippen LogP contribution is -2.39. The molecule has 4 aromatic rings. The summed E-state index contributed by atoms with van der Waals surface area (Å²) < 4.78 is 16.9. The molecule has 5 rings (SSSR count). The van der Waals surface area contributed by atoms with Crippen molar-refractivity contribution in [1.29, 1.82) is 0 Å². The summed E-state index contributed by atoms with van der Waals surface area (Å²) in [5.41, 5.74) is 4.66. The molecular weight excluding hydrogens is 480 g/mol. The normalized spacial score (nSPS) is 14.0. The van der Waals surface area contributed by atoms with Gasteiger partial charge in [-0.3, -0.25) is 14.5 Å². The van der Waals surface area contributed by atoms with Gasteiger partial charge in [0, 0.05) is 29.8 Å². The second kappa shape index (κ2) is 10.8. The van der Waals surface area contributed by atoms with Crippen molar-refractivity contribution in [2.75, 3.05) is 27.9 Å². The third-order valence-electron chi connectivity index (χ3n) is 6.97. The first-order valence-electron chi connectivity index (χ1n) is 12.5. The Morgan fingerprint density at radius 2 is 1.63 bits per heavy atom. The molecule has 1 aromatic heterocycles. The second-order valence-corrected chi connectivity index (χ2v) is 9.12. The Labute approximate surface area is 221 Å². The zero-order valence-electron chi connectivity index (χ0n) is 21.7. The molecule has 0 bridgehead atoms. The molecule has 1 atom stereocenters. The van der Waals surface area contributed by atoms with E-state index in [-0.39, 0.29) is 18.2 Å². The molecule has 0 spiro atoms. The van der Waals surface area contributed by atoms with E-state index >= 15 is 0 Å². The summed E-state index contributed by atoms with van der Waals surface area (Å²) in [6.45, 7) is 0.371. The molecule has 2 heterocycles. The number of para-hydroxylation sites is 1. The van der Waals surface area contributed by atoms with Crippen molar-refractivity contribution in [2.45, 2.75) is 18.8 Å². The van der Waals surface area contributed by atoms with Crippen LogP contribution in [0.1, 0.15) is 29.9 Å². The molecule has 0 saturated carbocycles. The van der Waals surface area contributed by atoms with E-state index in [1.165, 1.54) is 11.0 Å². The molecule has 194 valence electrons. The quantitative estimate of drug-likeness (QED) is 0.329. The fourth-order valence-corrected chi connectivity index (χ4v) is 5.17. The summed E-state index contributed by atoms with van der Waals surface area (Å²) >= 11 is 0. The average molecular weight is 511 g/mol. The highest BCUT2D eigenvalue weighted by Crippen LogP contribution is 2.46. The number of rotatable bonds is 8. The topological polar surface area (TPSA) is 80.9 Å². The molecule has 1 N–H and O–H groups in total. The van der Waals surface area contributed by atoms with Gasteiger partial charge < -0.3 is 19.2 Å². The average Bonchev–Trinajstić information content (AvgIpc) is 3.35. The van der Waals surface area contributed by atoms with Crippen LogP contribution in [0.25, 0.3) is 22.2 Å². The molecule has 1 unspecified atom stereocenters. The molecule has 0 aliphatic carbocycles. The fourth-order valence-electron chi connectivity index (χ4n) is 5.17. The molecule has 1 aliphatic rings. The smallest absolute Gasteiger partial charge is 0.252 e. The van der Waals surface area contributed by atoms with Gasteiger partial charge in [-0.2, -0.15) is 0 Å². The standard InChI is InChI=1S/C31H30N2O5/c1-36-25-17-21(18-26(37-2)31(25)38-3)23(19-28(35)33-16-10-9-15-27(33)34)29-22-13-7-8-14-24(22)32-30(29)20-11-5-4-6-12-20/h4-9,11-15,17-18,23,32H,10,16,19H2,1-3H3. The van der Waals surface area contributed by atoms with Crippen LogP contribution in [0.5, 0.6) is 17.2 Å². The van der Waals surface area contributed by atoms with Gasteiger partial charge in [0.15, 0.2) is 11.5 Å². The Kier molecular flexibility index (Phi) is 7.18. The summed E-state index contributed by atoms with van der Waals surface area (Å²) in [5, 5.41) is 1.00. The Hall–Kier alpha value is -4.52. The predicted molar refractivity (Wildman–Crippen MR) is 147 cm³/mol. The van der Waals surface area contributed by atoms with Gasteiger partial charge in [-0.15, -0.1) is 0 Å². The largest absolute Gasteiger partial charge is 0.493 e. The van der Waals surface area contributed by atoms with Crippen LogP contribution >= 0.6 is 0 Å². The maximum absolute atomic E-state index is 13.7. The maximum Gasteiger partial charge on any atom is 0.252 e. The van der Waals surface area contributed by atoms with E-state index < -0.39 is 5.92 Å². The zero-order valence-corrected chi connectivity index (χ0v) is 21.7. The van der Waals surface area contributed by atoms with E-state index in [9.17, 15) is 9.59 Å². The van der Waals surface area contributed by atoms with E-state index in [4.69, 9.17) is 14.2 Å². The number of H-pyrrole nitrogens is 1. The molecule has 0 fully saturated rings. The minimum absolute atomic E-state index is 0.0832. The first-order valence-corrected chi connectivity index (χ1v) is 12.5. The van der Waals surface area contributed by atoms with Crippen molar-refractivity contribution in [3.8, 4) is 28.5 Å². The summed E-state index contributed by atoms with van der Waals surface area (Å²) in [6, 6.07) is 21.9. The number of imide groups is 1. The number of carbonyl (C=O) groups excluding carboxylic acids is 2. The number of carbonyl (C=O) groups is 2. The highest BCUT2D eigenvalue weighted by atomic mass is 16.5.